The molecule has 1 heterocycles. The van der Waals surface area contributed by atoms with Gasteiger partial charge in [-0.25, -0.2) is 4.68 Å². The standard InChI is InChI=1S/C11H17ClN4O2/c12-10-9(14-4-3-13-8-1-2-8)7-15-16(5-6-17)11(10)18/h7-8,13-14,17H,1-6H2. The first-order chi connectivity index (χ1) is 8.72. The Hall–Kier alpha value is -1.11. The summed E-state index contributed by atoms with van der Waals surface area (Å²) in [6, 6.07) is 0.665. The van der Waals surface area contributed by atoms with E-state index in [1.54, 1.807) is 0 Å². The number of rotatable bonds is 7. The normalized spacial score (nSPS) is 14.8. The third-order valence-corrected chi connectivity index (χ3v) is 3.11. The number of aromatic nitrogens is 2. The van der Waals surface area contributed by atoms with Gasteiger partial charge >= 0.3 is 0 Å². The quantitative estimate of drug-likeness (QED) is 0.612. The molecule has 0 amide bonds. The van der Waals surface area contributed by atoms with Crippen LogP contribution in [0.1, 0.15) is 12.8 Å². The average molecular weight is 273 g/mol. The Morgan fingerprint density at radius 1 is 1.50 bits per heavy atom. The molecule has 2 rings (SSSR count). The molecule has 1 fully saturated rings. The highest BCUT2D eigenvalue weighted by Gasteiger charge is 2.19. The molecule has 1 aromatic heterocycles. The molecule has 1 saturated carbocycles. The third kappa shape index (κ3) is 3.44. The van der Waals surface area contributed by atoms with Gasteiger partial charge in [0.1, 0.15) is 5.02 Å². The highest BCUT2D eigenvalue weighted by Crippen LogP contribution is 2.18. The molecule has 0 atom stereocenters. The number of hydrogen-bond acceptors (Lipinski definition) is 5. The predicted octanol–water partition coefficient (Wildman–Crippen LogP) is 0.0529. The molecule has 7 heteroatoms. The molecule has 1 aromatic rings. The average Bonchev–Trinajstić information content (AvgIpc) is 3.17. The minimum absolute atomic E-state index is 0.116. The van der Waals surface area contributed by atoms with E-state index in [1.165, 1.54) is 19.0 Å². The summed E-state index contributed by atoms with van der Waals surface area (Å²) in [6.45, 7) is 1.55. The van der Waals surface area contributed by atoms with Crippen molar-refractivity contribution in [1.82, 2.24) is 15.1 Å². The Bertz CT molecular complexity index is 459. The van der Waals surface area contributed by atoms with Crippen LogP contribution in [-0.4, -0.2) is 40.6 Å². The van der Waals surface area contributed by atoms with Crippen LogP contribution in [0.4, 0.5) is 5.69 Å². The van der Waals surface area contributed by atoms with E-state index in [4.69, 9.17) is 16.7 Å². The van der Waals surface area contributed by atoms with Gasteiger partial charge in [0.2, 0.25) is 0 Å². The van der Waals surface area contributed by atoms with Gasteiger partial charge in [0, 0.05) is 19.1 Å². The molecular formula is C11H17ClN4O2. The monoisotopic (exact) mass is 272 g/mol. The molecule has 1 aliphatic carbocycles. The summed E-state index contributed by atoms with van der Waals surface area (Å²) in [6.07, 6.45) is 4.01. The topological polar surface area (TPSA) is 79.2 Å². The largest absolute Gasteiger partial charge is 0.394 e. The van der Waals surface area contributed by atoms with Crippen molar-refractivity contribution >= 4 is 17.3 Å². The Labute approximate surface area is 110 Å². The van der Waals surface area contributed by atoms with Crippen LogP contribution in [0.25, 0.3) is 0 Å². The smallest absolute Gasteiger partial charge is 0.287 e. The van der Waals surface area contributed by atoms with E-state index >= 15 is 0 Å². The SMILES string of the molecule is O=c1c(Cl)c(NCCNC2CC2)cnn1CCO. The Balaban J connectivity index is 1.91. The second-order valence-electron chi connectivity index (χ2n) is 4.28. The molecule has 0 unspecified atom stereocenters. The lowest BCUT2D eigenvalue weighted by Crippen LogP contribution is -2.27. The maximum absolute atomic E-state index is 11.7. The summed E-state index contributed by atoms with van der Waals surface area (Å²) in [5, 5.41) is 19.2. The summed E-state index contributed by atoms with van der Waals surface area (Å²) in [7, 11) is 0. The first kappa shape index (κ1) is 13.3. The molecule has 18 heavy (non-hydrogen) atoms. The lowest BCUT2D eigenvalue weighted by molar-refractivity contribution is 0.266. The third-order valence-electron chi connectivity index (χ3n) is 2.75. The van der Waals surface area contributed by atoms with Crippen molar-refractivity contribution in [3.8, 4) is 0 Å². The fourth-order valence-corrected chi connectivity index (χ4v) is 1.82. The van der Waals surface area contributed by atoms with Gasteiger partial charge in [0.05, 0.1) is 25.0 Å². The molecule has 1 aliphatic rings. The predicted molar refractivity (Wildman–Crippen MR) is 70.1 cm³/mol. The van der Waals surface area contributed by atoms with E-state index in [-0.39, 0.29) is 23.7 Å². The highest BCUT2D eigenvalue weighted by molar-refractivity contribution is 6.32. The van der Waals surface area contributed by atoms with Crippen LogP contribution in [0.2, 0.25) is 5.02 Å². The van der Waals surface area contributed by atoms with Gasteiger partial charge in [-0.15, -0.1) is 0 Å². The molecule has 0 bridgehead atoms. The zero-order valence-corrected chi connectivity index (χ0v) is 10.8. The molecule has 0 radical (unpaired) electrons. The van der Waals surface area contributed by atoms with E-state index < -0.39 is 0 Å². The number of anilines is 1. The van der Waals surface area contributed by atoms with Gasteiger partial charge in [-0.3, -0.25) is 4.79 Å². The van der Waals surface area contributed by atoms with E-state index in [1.807, 2.05) is 0 Å². The van der Waals surface area contributed by atoms with Gasteiger partial charge in [-0.2, -0.15) is 5.10 Å². The van der Waals surface area contributed by atoms with E-state index in [2.05, 4.69) is 15.7 Å². The maximum Gasteiger partial charge on any atom is 0.287 e. The van der Waals surface area contributed by atoms with E-state index in [0.717, 1.165) is 11.2 Å². The molecule has 0 aliphatic heterocycles. The van der Waals surface area contributed by atoms with Crippen LogP contribution < -0.4 is 16.2 Å². The van der Waals surface area contributed by atoms with Crippen molar-refractivity contribution in [3.63, 3.8) is 0 Å². The number of nitrogens with zero attached hydrogens (tertiary/aromatic N) is 2. The number of nitrogens with one attached hydrogen (secondary N) is 2. The van der Waals surface area contributed by atoms with Gasteiger partial charge in [-0.1, -0.05) is 11.6 Å². The second-order valence-corrected chi connectivity index (χ2v) is 4.66. The van der Waals surface area contributed by atoms with Crippen LogP contribution in [-0.2, 0) is 6.54 Å². The van der Waals surface area contributed by atoms with Crippen LogP contribution in [0, 0.1) is 0 Å². The Morgan fingerprint density at radius 2 is 2.28 bits per heavy atom. The number of aliphatic hydroxyl groups is 1. The van der Waals surface area contributed by atoms with Crippen LogP contribution in [0.5, 0.6) is 0 Å². The lowest BCUT2D eigenvalue weighted by Gasteiger charge is -2.10. The van der Waals surface area contributed by atoms with Crippen molar-refractivity contribution in [2.24, 2.45) is 0 Å². The first-order valence-electron chi connectivity index (χ1n) is 6.06. The van der Waals surface area contributed by atoms with Gasteiger partial charge in [0.25, 0.3) is 5.56 Å². The van der Waals surface area contributed by atoms with Crippen LogP contribution >= 0.6 is 11.6 Å². The summed E-state index contributed by atoms with van der Waals surface area (Å²) in [5.41, 5.74) is 0.152. The summed E-state index contributed by atoms with van der Waals surface area (Å²) in [5.74, 6) is 0. The minimum Gasteiger partial charge on any atom is -0.394 e. The lowest BCUT2D eigenvalue weighted by atomic mass is 10.4. The highest BCUT2D eigenvalue weighted by atomic mass is 35.5. The van der Waals surface area contributed by atoms with Gasteiger partial charge < -0.3 is 15.7 Å². The summed E-state index contributed by atoms with van der Waals surface area (Å²) >= 11 is 5.95. The fourth-order valence-electron chi connectivity index (χ4n) is 1.60. The fraction of sp³-hybridized carbons (Fsp3) is 0.636. The van der Waals surface area contributed by atoms with Crippen molar-refractivity contribution in [2.75, 3.05) is 25.0 Å². The van der Waals surface area contributed by atoms with Crippen LogP contribution in [0.15, 0.2) is 11.0 Å². The molecule has 100 valence electrons. The first-order valence-corrected chi connectivity index (χ1v) is 6.44. The van der Waals surface area contributed by atoms with Gasteiger partial charge in [0.15, 0.2) is 0 Å². The van der Waals surface area contributed by atoms with Crippen molar-refractivity contribution in [1.29, 1.82) is 0 Å². The zero-order valence-electron chi connectivity index (χ0n) is 10.0. The Kier molecular flexibility index (Phi) is 4.57. The molecule has 0 aromatic carbocycles. The Morgan fingerprint density at radius 3 is 2.94 bits per heavy atom. The summed E-state index contributed by atoms with van der Waals surface area (Å²) in [4.78, 5) is 11.7. The number of hydrogen-bond donors (Lipinski definition) is 3. The molecular weight excluding hydrogens is 256 g/mol. The number of aliphatic hydroxyl groups excluding tert-OH is 1. The molecule has 3 N–H and O–H groups in total. The molecule has 0 spiro atoms. The molecule has 6 nitrogen and oxygen atoms in total. The van der Waals surface area contributed by atoms with Crippen molar-refractivity contribution in [2.45, 2.75) is 25.4 Å². The van der Waals surface area contributed by atoms with Crippen molar-refractivity contribution < 1.29 is 5.11 Å². The van der Waals surface area contributed by atoms with E-state index in [0.29, 0.717) is 18.3 Å². The minimum atomic E-state index is -0.383. The van der Waals surface area contributed by atoms with Crippen molar-refractivity contribution in [3.05, 3.63) is 21.6 Å². The second kappa shape index (κ2) is 6.17. The van der Waals surface area contributed by atoms with E-state index in [9.17, 15) is 4.79 Å². The number of halogens is 1. The van der Waals surface area contributed by atoms with Gasteiger partial charge in [-0.05, 0) is 12.8 Å². The zero-order chi connectivity index (χ0) is 13.0. The molecule has 0 saturated heterocycles. The maximum atomic E-state index is 11.7. The van der Waals surface area contributed by atoms with Crippen LogP contribution in [0.3, 0.4) is 0 Å². The summed E-state index contributed by atoms with van der Waals surface area (Å²) < 4.78 is 1.15.